The highest BCUT2D eigenvalue weighted by Crippen LogP contribution is 2.27. The third-order valence-corrected chi connectivity index (χ3v) is 6.81. The molecule has 0 radical (unpaired) electrons. The fourth-order valence-corrected chi connectivity index (χ4v) is 5.09. The molecule has 2 aromatic carbocycles. The molecule has 0 saturated heterocycles. The molecule has 0 aliphatic carbocycles. The molecular weight excluding hydrogens is 459 g/mol. The first-order valence-electron chi connectivity index (χ1n) is 9.44. The molecule has 1 N–H and O–H groups in total. The topological polar surface area (TPSA) is 59.8 Å². The number of carbonyl (C=O) groups excluding carboxylic acids is 1. The van der Waals surface area contributed by atoms with E-state index >= 15 is 0 Å². The van der Waals surface area contributed by atoms with Crippen molar-refractivity contribution >= 4 is 52.6 Å². The van der Waals surface area contributed by atoms with E-state index in [9.17, 15) is 4.79 Å². The summed E-state index contributed by atoms with van der Waals surface area (Å²) >= 11 is 15.3. The summed E-state index contributed by atoms with van der Waals surface area (Å²) in [4.78, 5) is 12.2. The molecule has 5 nitrogen and oxygen atoms in total. The molecule has 9 heteroatoms. The van der Waals surface area contributed by atoms with Gasteiger partial charge < -0.3 is 9.88 Å². The van der Waals surface area contributed by atoms with Crippen LogP contribution in [-0.4, -0.2) is 26.4 Å². The van der Waals surface area contributed by atoms with E-state index in [4.69, 9.17) is 23.2 Å². The Morgan fingerprint density at radius 3 is 2.63 bits per heavy atom. The Morgan fingerprint density at radius 1 is 1.10 bits per heavy atom. The summed E-state index contributed by atoms with van der Waals surface area (Å²) < 4.78 is 2.05. The van der Waals surface area contributed by atoms with Gasteiger partial charge in [-0.2, -0.15) is 0 Å². The number of thioether (sulfide) groups is 2. The molecule has 1 heterocycles. The van der Waals surface area contributed by atoms with Gasteiger partial charge in [-0.3, -0.25) is 4.79 Å². The second-order valence-electron chi connectivity index (χ2n) is 6.42. The summed E-state index contributed by atoms with van der Waals surface area (Å²) in [6.45, 7) is 3.32. The second-order valence-corrected chi connectivity index (χ2v) is 9.19. The van der Waals surface area contributed by atoms with Crippen LogP contribution >= 0.6 is 46.7 Å². The number of benzene rings is 2. The van der Waals surface area contributed by atoms with Gasteiger partial charge in [0.2, 0.25) is 5.91 Å². The van der Waals surface area contributed by atoms with Crippen molar-refractivity contribution < 1.29 is 4.79 Å². The van der Waals surface area contributed by atoms with Gasteiger partial charge in [-0.15, -0.1) is 22.0 Å². The van der Waals surface area contributed by atoms with E-state index in [1.807, 2.05) is 54.0 Å². The number of halogens is 2. The van der Waals surface area contributed by atoms with Crippen LogP contribution in [0.4, 0.5) is 0 Å². The van der Waals surface area contributed by atoms with Crippen LogP contribution in [0, 0.1) is 0 Å². The molecule has 158 valence electrons. The average molecular weight is 481 g/mol. The highest BCUT2D eigenvalue weighted by Gasteiger charge is 2.13. The van der Waals surface area contributed by atoms with Crippen molar-refractivity contribution in [1.82, 2.24) is 20.1 Å². The van der Waals surface area contributed by atoms with Crippen LogP contribution < -0.4 is 5.32 Å². The van der Waals surface area contributed by atoms with E-state index in [0.29, 0.717) is 28.1 Å². The highest BCUT2D eigenvalue weighted by atomic mass is 35.5. The van der Waals surface area contributed by atoms with Crippen molar-refractivity contribution in [3.63, 3.8) is 0 Å². The van der Waals surface area contributed by atoms with Gasteiger partial charge in [0.15, 0.2) is 5.16 Å². The standard InChI is InChI=1S/C21H22Cl2N4OS2/c1-2-27-19(13-29-12-16-8-9-17(22)10-18(16)23)25-26-21(27)30-14-20(28)24-11-15-6-4-3-5-7-15/h3-10H,2,11-14H2,1H3,(H,24,28). The van der Waals surface area contributed by atoms with E-state index in [1.165, 1.54) is 11.8 Å². The highest BCUT2D eigenvalue weighted by molar-refractivity contribution is 7.99. The van der Waals surface area contributed by atoms with Crippen LogP contribution in [0.15, 0.2) is 53.7 Å². The largest absolute Gasteiger partial charge is 0.351 e. The maximum absolute atomic E-state index is 12.2. The lowest BCUT2D eigenvalue weighted by molar-refractivity contribution is -0.118. The summed E-state index contributed by atoms with van der Waals surface area (Å²) in [5.41, 5.74) is 2.12. The van der Waals surface area contributed by atoms with Crippen LogP contribution in [0.1, 0.15) is 23.9 Å². The average Bonchev–Trinajstić information content (AvgIpc) is 3.14. The van der Waals surface area contributed by atoms with E-state index < -0.39 is 0 Å². The monoisotopic (exact) mass is 480 g/mol. The summed E-state index contributed by atoms with van der Waals surface area (Å²) in [6.07, 6.45) is 0. The number of carbonyl (C=O) groups is 1. The molecule has 0 aliphatic heterocycles. The smallest absolute Gasteiger partial charge is 0.230 e. The van der Waals surface area contributed by atoms with Gasteiger partial charge in [0.25, 0.3) is 0 Å². The zero-order valence-corrected chi connectivity index (χ0v) is 19.6. The molecule has 3 rings (SSSR count). The zero-order chi connectivity index (χ0) is 21.3. The molecule has 0 unspecified atom stereocenters. The Hall–Kier alpha value is -1.67. The second kappa shape index (κ2) is 11.6. The maximum Gasteiger partial charge on any atom is 0.230 e. The maximum atomic E-state index is 12.2. The fourth-order valence-electron chi connectivity index (χ4n) is 2.72. The summed E-state index contributed by atoms with van der Waals surface area (Å²) in [5, 5.41) is 13.6. The predicted molar refractivity (Wildman–Crippen MR) is 126 cm³/mol. The van der Waals surface area contributed by atoms with Gasteiger partial charge in [0.1, 0.15) is 5.82 Å². The van der Waals surface area contributed by atoms with Crippen LogP contribution in [0.2, 0.25) is 10.0 Å². The van der Waals surface area contributed by atoms with Gasteiger partial charge in [-0.1, -0.05) is 71.4 Å². The van der Waals surface area contributed by atoms with Gasteiger partial charge in [0.05, 0.1) is 11.5 Å². The summed E-state index contributed by atoms with van der Waals surface area (Å²) in [5.74, 6) is 2.64. The lowest BCUT2D eigenvalue weighted by atomic mass is 10.2. The van der Waals surface area contributed by atoms with Crippen LogP contribution in [-0.2, 0) is 29.4 Å². The minimum absolute atomic E-state index is 0.0252. The molecule has 0 saturated carbocycles. The van der Waals surface area contributed by atoms with E-state index in [0.717, 1.165) is 34.4 Å². The van der Waals surface area contributed by atoms with Gasteiger partial charge in [-0.25, -0.2) is 0 Å². The molecule has 0 aliphatic rings. The number of rotatable bonds is 10. The minimum Gasteiger partial charge on any atom is -0.351 e. The summed E-state index contributed by atoms with van der Waals surface area (Å²) in [6, 6.07) is 15.4. The lowest BCUT2D eigenvalue weighted by Crippen LogP contribution is -2.24. The Labute approximate surface area is 194 Å². The van der Waals surface area contributed by atoms with E-state index in [1.54, 1.807) is 17.8 Å². The Balaban J connectivity index is 1.49. The first-order valence-corrected chi connectivity index (χ1v) is 12.3. The molecule has 3 aromatic rings. The van der Waals surface area contributed by atoms with Crippen molar-refractivity contribution in [2.75, 3.05) is 5.75 Å². The van der Waals surface area contributed by atoms with Crippen molar-refractivity contribution in [1.29, 1.82) is 0 Å². The molecule has 0 bridgehead atoms. The Kier molecular flexibility index (Phi) is 8.93. The molecule has 1 amide bonds. The Morgan fingerprint density at radius 2 is 1.90 bits per heavy atom. The van der Waals surface area contributed by atoms with Crippen LogP contribution in [0.5, 0.6) is 0 Å². The van der Waals surface area contributed by atoms with Gasteiger partial charge >= 0.3 is 0 Å². The molecule has 1 aromatic heterocycles. The summed E-state index contributed by atoms with van der Waals surface area (Å²) in [7, 11) is 0. The van der Waals surface area contributed by atoms with Crippen molar-refractivity contribution in [3.8, 4) is 0 Å². The quantitative estimate of drug-likeness (QED) is 0.391. The normalized spacial score (nSPS) is 10.9. The number of aromatic nitrogens is 3. The number of nitrogens with one attached hydrogen (secondary N) is 1. The van der Waals surface area contributed by atoms with E-state index in [2.05, 4.69) is 15.5 Å². The van der Waals surface area contributed by atoms with Crippen LogP contribution in [0.25, 0.3) is 0 Å². The zero-order valence-electron chi connectivity index (χ0n) is 16.5. The van der Waals surface area contributed by atoms with Gasteiger partial charge in [0, 0.05) is 28.9 Å². The number of hydrogen-bond donors (Lipinski definition) is 1. The third-order valence-electron chi connectivity index (χ3n) is 4.28. The van der Waals surface area contributed by atoms with Crippen molar-refractivity contribution in [3.05, 3.63) is 75.5 Å². The molecule has 0 atom stereocenters. The Bertz CT molecular complexity index is 982. The van der Waals surface area contributed by atoms with Crippen molar-refractivity contribution in [2.24, 2.45) is 0 Å². The fraction of sp³-hybridized carbons (Fsp3) is 0.286. The minimum atomic E-state index is -0.0252. The SMILES string of the molecule is CCn1c(CSCc2ccc(Cl)cc2Cl)nnc1SCC(=O)NCc1ccccc1. The molecular formula is C21H22Cl2N4OS2. The number of nitrogens with zero attached hydrogens (tertiary/aromatic N) is 3. The third kappa shape index (κ3) is 6.67. The first-order chi connectivity index (χ1) is 14.6. The van der Waals surface area contributed by atoms with Gasteiger partial charge in [-0.05, 0) is 30.2 Å². The number of hydrogen-bond acceptors (Lipinski definition) is 5. The number of amides is 1. The van der Waals surface area contributed by atoms with Crippen molar-refractivity contribution in [2.45, 2.75) is 36.7 Å². The lowest BCUT2D eigenvalue weighted by Gasteiger charge is -2.08. The molecule has 0 spiro atoms. The first kappa shape index (κ1) is 23.0. The molecule has 30 heavy (non-hydrogen) atoms. The van der Waals surface area contributed by atoms with Crippen LogP contribution in [0.3, 0.4) is 0 Å². The molecule has 0 fully saturated rings. The van der Waals surface area contributed by atoms with E-state index in [-0.39, 0.29) is 5.91 Å². The predicted octanol–water partition coefficient (Wildman–Crippen LogP) is 5.45.